The van der Waals surface area contributed by atoms with Crippen LogP contribution in [-0.4, -0.2) is 10.8 Å². The Balaban J connectivity index is 2.44. The van der Waals surface area contributed by atoms with Gasteiger partial charge in [-0.2, -0.15) is 0 Å². The number of hydrogen-bond acceptors (Lipinski definition) is 2. The summed E-state index contributed by atoms with van der Waals surface area (Å²) in [7, 11) is 0. The van der Waals surface area contributed by atoms with Crippen LogP contribution in [0.2, 0.25) is 0 Å². The number of nitrogens with zero attached hydrogens (tertiary/aromatic N) is 1. The van der Waals surface area contributed by atoms with Crippen LogP contribution in [0.3, 0.4) is 0 Å². The average molecular weight is 215 g/mol. The van der Waals surface area contributed by atoms with Gasteiger partial charge in [-0.15, -0.1) is 0 Å². The van der Waals surface area contributed by atoms with Crippen molar-refractivity contribution >= 4 is 5.78 Å². The Hall–Kier alpha value is -2.03. The molecule has 0 N–H and O–H groups in total. The number of aryl methyl sites for hydroxylation is 1. The molecule has 0 amide bonds. The third-order valence-corrected chi connectivity index (χ3v) is 2.27. The van der Waals surface area contributed by atoms with Crippen LogP contribution in [0.5, 0.6) is 0 Å². The van der Waals surface area contributed by atoms with Crippen molar-refractivity contribution in [3.8, 4) is 0 Å². The fourth-order valence-corrected chi connectivity index (χ4v) is 1.44. The maximum absolute atomic E-state index is 13.4. The van der Waals surface area contributed by atoms with Gasteiger partial charge in [0, 0.05) is 6.20 Å². The minimum absolute atomic E-state index is 0.0561. The van der Waals surface area contributed by atoms with E-state index in [1.54, 1.807) is 30.5 Å². The van der Waals surface area contributed by atoms with Crippen molar-refractivity contribution in [3.63, 3.8) is 0 Å². The van der Waals surface area contributed by atoms with Crippen LogP contribution in [0.4, 0.5) is 4.39 Å². The van der Waals surface area contributed by atoms with Crippen LogP contribution in [0.1, 0.15) is 21.6 Å². The summed E-state index contributed by atoms with van der Waals surface area (Å²) in [4.78, 5) is 15.9. The maximum atomic E-state index is 13.4. The SMILES string of the molecule is Cc1ccnc(C(=O)c2ccccc2F)c1. The van der Waals surface area contributed by atoms with Crippen molar-refractivity contribution in [2.24, 2.45) is 0 Å². The second kappa shape index (κ2) is 4.23. The molecule has 1 heterocycles. The van der Waals surface area contributed by atoms with Gasteiger partial charge < -0.3 is 0 Å². The number of rotatable bonds is 2. The first-order valence-electron chi connectivity index (χ1n) is 4.90. The van der Waals surface area contributed by atoms with Gasteiger partial charge in [0.05, 0.1) is 5.56 Å². The van der Waals surface area contributed by atoms with Crippen LogP contribution >= 0.6 is 0 Å². The first-order chi connectivity index (χ1) is 7.68. The molecule has 2 rings (SSSR count). The lowest BCUT2D eigenvalue weighted by molar-refractivity contribution is 0.103. The fourth-order valence-electron chi connectivity index (χ4n) is 1.44. The van der Waals surface area contributed by atoms with Crippen LogP contribution in [-0.2, 0) is 0 Å². The van der Waals surface area contributed by atoms with Crippen molar-refractivity contribution < 1.29 is 9.18 Å². The summed E-state index contributed by atoms with van der Waals surface area (Å²) in [5.41, 5.74) is 1.25. The summed E-state index contributed by atoms with van der Waals surface area (Å²) in [5, 5.41) is 0. The number of carbonyl (C=O) groups is 1. The zero-order valence-electron chi connectivity index (χ0n) is 8.77. The zero-order chi connectivity index (χ0) is 11.5. The minimum atomic E-state index is -0.518. The highest BCUT2D eigenvalue weighted by Crippen LogP contribution is 2.12. The summed E-state index contributed by atoms with van der Waals surface area (Å²) in [6.07, 6.45) is 1.55. The highest BCUT2D eigenvalue weighted by atomic mass is 19.1. The molecule has 0 aliphatic heterocycles. The molecule has 80 valence electrons. The first kappa shape index (κ1) is 10.5. The molecule has 0 radical (unpaired) electrons. The molecule has 2 aromatic rings. The topological polar surface area (TPSA) is 30.0 Å². The molecule has 0 saturated heterocycles. The van der Waals surface area contributed by atoms with Crippen LogP contribution in [0, 0.1) is 12.7 Å². The van der Waals surface area contributed by atoms with E-state index in [9.17, 15) is 9.18 Å². The molecule has 0 spiro atoms. The number of ketones is 1. The van der Waals surface area contributed by atoms with Gasteiger partial charge in [-0.05, 0) is 36.8 Å². The second-order valence-corrected chi connectivity index (χ2v) is 3.53. The molecule has 1 aromatic heterocycles. The minimum Gasteiger partial charge on any atom is -0.287 e. The molecule has 0 fully saturated rings. The molecule has 0 atom stereocenters. The second-order valence-electron chi connectivity index (χ2n) is 3.53. The molecule has 3 heteroatoms. The summed E-state index contributed by atoms with van der Waals surface area (Å²) >= 11 is 0. The largest absolute Gasteiger partial charge is 0.287 e. The molecule has 16 heavy (non-hydrogen) atoms. The first-order valence-corrected chi connectivity index (χ1v) is 4.90. The fraction of sp³-hybridized carbons (Fsp3) is 0.0769. The lowest BCUT2D eigenvalue weighted by atomic mass is 10.1. The van der Waals surface area contributed by atoms with Gasteiger partial charge in [-0.1, -0.05) is 12.1 Å². The number of benzene rings is 1. The quantitative estimate of drug-likeness (QED) is 0.721. The Morgan fingerprint density at radius 3 is 2.69 bits per heavy atom. The number of carbonyl (C=O) groups excluding carboxylic acids is 1. The maximum Gasteiger partial charge on any atom is 0.214 e. The van der Waals surface area contributed by atoms with E-state index in [1.165, 1.54) is 12.1 Å². The Morgan fingerprint density at radius 2 is 2.00 bits per heavy atom. The summed E-state index contributed by atoms with van der Waals surface area (Å²) in [6.45, 7) is 1.86. The van der Waals surface area contributed by atoms with Crippen LogP contribution < -0.4 is 0 Å². The molecule has 1 aromatic carbocycles. The highest BCUT2D eigenvalue weighted by Gasteiger charge is 2.14. The Morgan fingerprint density at radius 1 is 1.25 bits per heavy atom. The summed E-state index contributed by atoms with van der Waals surface area (Å²) in [6, 6.07) is 9.35. The van der Waals surface area contributed by atoms with Gasteiger partial charge in [-0.3, -0.25) is 9.78 Å². The highest BCUT2D eigenvalue weighted by molar-refractivity contribution is 6.07. The molecule has 0 saturated carbocycles. The predicted octanol–water partition coefficient (Wildman–Crippen LogP) is 2.76. The Kier molecular flexibility index (Phi) is 2.77. The zero-order valence-corrected chi connectivity index (χ0v) is 8.77. The van der Waals surface area contributed by atoms with Gasteiger partial charge in [0.1, 0.15) is 11.5 Å². The van der Waals surface area contributed by atoms with Gasteiger partial charge in [0.15, 0.2) is 0 Å². The summed E-state index contributed by atoms with van der Waals surface area (Å²) < 4.78 is 13.4. The normalized spacial score (nSPS) is 10.1. The van der Waals surface area contributed by atoms with Gasteiger partial charge in [0.2, 0.25) is 5.78 Å². The number of hydrogen-bond donors (Lipinski definition) is 0. The number of aromatic nitrogens is 1. The predicted molar refractivity (Wildman–Crippen MR) is 58.8 cm³/mol. The standard InChI is InChI=1S/C13H10FNO/c1-9-6-7-15-12(8-9)13(16)10-4-2-3-5-11(10)14/h2-8H,1H3. The molecule has 2 nitrogen and oxygen atoms in total. The Labute approximate surface area is 92.8 Å². The third-order valence-electron chi connectivity index (χ3n) is 2.27. The van der Waals surface area contributed by atoms with Crippen LogP contribution in [0.25, 0.3) is 0 Å². The Bertz CT molecular complexity index is 537. The summed E-state index contributed by atoms with van der Waals surface area (Å²) in [5.74, 6) is -0.905. The van der Waals surface area contributed by atoms with E-state index >= 15 is 0 Å². The molecular formula is C13H10FNO. The average Bonchev–Trinajstić information content (AvgIpc) is 2.29. The van der Waals surface area contributed by atoms with Crippen molar-refractivity contribution in [1.82, 2.24) is 4.98 Å². The van der Waals surface area contributed by atoms with E-state index in [4.69, 9.17) is 0 Å². The van der Waals surface area contributed by atoms with E-state index in [0.29, 0.717) is 0 Å². The molecule has 0 bridgehead atoms. The van der Waals surface area contributed by atoms with Crippen molar-refractivity contribution in [2.45, 2.75) is 6.92 Å². The van der Waals surface area contributed by atoms with Crippen LogP contribution in [0.15, 0.2) is 42.6 Å². The number of halogens is 1. The number of pyridine rings is 1. The van der Waals surface area contributed by atoms with E-state index < -0.39 is 5.82 Å². The van der Waals surface area contributed by atoms with Crippen molar-refractivity contribution in [1.29, 1.82) is 0 Å². The van der Waals surface area contributed by atoms with Crippen molar-refractivity contribution in [2.75, 3.05) is 0 Å². The van der Waals surface area contributed by atoms with Crippen molar-refractivity contribution in [3.05, 3.63) is 65.2 Å². The lowest BCUT2D eigenvalue weighted by Gasteiger charge is -2.02. The van der Waals surface area contributed by atoms with E-state index in [2.05, 4.69) is 4.98 Å². The molecule has 0 unspecified atom stereocenters. The molecule has 0 aliphatic carbocycles. The monoisotopic (exact) mass is 215 g/mol. The van der Waals surface area contributed by atoms with E-state index in [1.807, 2.05) is 6.92 Å². The lowest BCUT2D eigenvalue weighted by Crippen LogP contribution is -2.06. The molecule has 0 aliphatic rings. The van der Waals surface area contributed by atoms with Gasteiger partial charge in [-0.25, -0.2) is 4.39 Å². The third kappa shape index (κ3) is 1.98. The van der Waals surface area contributed by atoms with E-state index in [0.717, 1.165) is 5.56 Å². The van der Waals surface area contributed by atoms with Gasteiger partial charge in [0.25, 0.3) is 0 Å². The smallest absolute Gasteiger partial charge is 0.214 e. The van der Waals surface area contributed by atoms with Gasteiger partial charge >= 0.3 is 0 Å². The molecular weight excluding hydrogens is 205 g/mol. The van der Waals surface area contributed by atoms with E-state index in [-0.39, 0.29) is 17.0 Å².